The fourth-order valence-electron chi connectivity index (χ4n) is 3.67. The van der Waals surface area contributed by atoms with E-state index in [9.17, 15) is 18.4 Å². The zero-order valence-electron chi connectivity index (χ0n) is 17.6. The molecule has 1 saturated carbocycles. The molecule has 0 radical (unpaired) electrons. The largest absolute Gasteiger partial charge is 0.394 e. The molecule has 5 nitrogen and oxygen atoms in total. The van der Waals surface area contributed by atoms with Crippen molar-refractivity contribution in [1.82, 2.24) is 0 Å². The number of nitrogens with two attached hydrogens (primary N) is 1. The lowest BCUT2D eigenvalue weighted by Gasteiger charge is -2.11. The number of alkyl halides is 2. The number of benzene rings is 3. The van der Waals surface area contributed by atoms with Crippen LogP contribution in [0.3, 0.4) is 0 Å². The number of nitrogens with one attached hydrogen (secondary N) is 2. The molecule has 0 saturated heterocycles. The Kier molecular flexibility index (Phi) is 7.55. The van der Waals surface area contributed by atoms with Gasteiger partial charge in [-0.2, -0.15) is 0 Å². The Morgan fingerprint density at radius 1 is 0.889 bits per heavy atom. The third kappa shape index (κ3) is 5.05. The number of hydrogen-bond donors (Lipinski definition) is 3. The van der Waals surface area contributed by atoms with Gasteiger partial charge in [-0.05, 0) is 48.0 Å². The monoisotopic (exact) mass is 611 g/mol. The number of hydrogen-bond acceptors (Lipinski definition) is 3. The first-order valence-corrected chi connectivity index (χ1v) is 12.3. The van der Waals surface area contributed by atoms with E-state index in [1.54, 1.807) is 0 Å². The highest BCUT2D eigenvalue weighted by Gasteiger charge is 2.67. The van der Waals surface area contributed by atoms with Crippen molar-refractivity contribution >= 4 is 98.5 Å². The lowest BCUT2D eigenvalue weighted by atomic mass is 10.1. The fourth-order valence-corrected chi connectivity index (χ4v) is 5.32. The molecule has 1 aliphatic carbocycles. The summed E-state index contributed by atoms with van der Waals surface area (Å²) in [6.07, 6.45) is 0. The van der Waals surface area contributed by atoms with Crippen LogP contribution in [0.4, 0.5) is 25.8 Å². The van der Waals surface area contributed by atoms with Gasteiger partial charge in [0, 0.05) is 11.6 Å². The van der Waals surface area contributed by atoms with Crippen LogP contribution in [0.25, 0.3) is 0 Å². The Labute approximate surface area is 233 Å². The Bertz CT molecular complexity index is 1400. The number of nitrogen functional groups attached to an aromatic ring is 1. The number of carbonyl (C=O) groups is 2. The van der Waals surface area contributed by atoms with Gasteiger partial charge < -0.3 is 16.4 Å². The summed E-state index contributed by atoms with van der Waals surface area (Å²) in [7, 11) is 0. The average Bonchev–Trinajstić information content (AvgIpc) is 3.40. The highest BCUT2D eigenvalue weighted by Crippen LogP contribution is 2.65. The summed E-state index contributed by atoms with van der Waals surface area (Å²) in [6.45, 7) is 0. The molecule has 0 aliphatic heterocycles. The van der Waals surface area contributed by atoms with Gasteiger partial charge in [0.1, 0.15) is 15.8 Å². The maximum absolute atomic E-state index is 14.2. The normalized spacial score (nSPS) is 18.0. The predicted octanol–water partition coefficient (Wildman–Crippen LogP) is 7.94. The summed E-state index contributed by atoms with van der Waals surface area (Å²) < 4.78 is 26.1. The molecule has 0 unspecified atom stereocenters. The van der Waals surface area contributed by atoms with Crippen LogP contribution < -0.4 is 16.4 Å². The number of carbonyl (C=O) groups excluding carboxylic acids is 2. The van der Waals surface area contributed by atoms with Crippen LogP contribution in [0.1, 0.15) is 21.8 Å². The van der Waals surface area contributed by atoms with Crippen molar-refractivity contribution in [3.05, 3.63) is 85.3 Å². The molecule has 0 bridgehead atoms. The van der Waals surface area contributed by atoms with Crippen molar-refractivity contribution in [2.75, 3.05) is 16.4 Å². The Morgan fingerprint density at radius 2 is 1.53 bits per heavy atom. The summed E-state index contributed by atoms with van der Waals surface area (Å²) >= 11 is 37.0. The minimum atomic E-state index is -1.45. The third-order valence-electron chi connectivity index (χ3n) is 5.55. The van der Waals surface area contributed by atoms with E-state index in [0.29, 0.717) is 5.56 Å². The number of halogens is 8. The summed E-state index contributed by atoms with van der Waals surface area (Å²) in [5.74, 6) is -4.97. The van der Waals surface area contributed by atoms with Gasteiger partial charge in [-0.15, -0.1) is 23.2 Å². The van der Waals surface area contributed by atoms with Gasteiger partial charge in [0.15, 0.2) is 5.82 Å². The molecule has 2 atom stereocenters. The summed E-state index contributed by atoms with van der Waals surface area (Å²) in [5.41, 5.74) is 4.85. The van der Waals surface area contributed by atoms with E-state index in [0.717, 1.165) is 12.1 Å². The second kappa shape index (κ2) is 10.0. The second-order valence-corrected chi connectivity index (χ2v) is 10.9. The molecule has 36 heavy (non-hydrogen) atoms. The predicted molar refractivity (Wildman–Crippen MR) is 141 cm³/mol. The first-order chi connectivity index (χ1) is 16.8. The molecule has 0 spiro atoms. The summed E-state index contributed by atoms with van der Waals surface area (Å²) in [5, 5.41) is 5.44. The quantitative estimate of drug-likeness (QED) is 0.155. The van der Waals surface area contributed by atoms with Crippen molar-refractivity contribution in [2.45, 2.75) is 10.3 Å². The summed E-state index contributed by atoms with van der Waals surface area (Å²) in [4.78, 5) is 25.7. The van der Waals surface area contributed by atoms with Crippen LogP contribution >= 0.6 is 69.6 Å². The van der Waals surface area contributed by atoms with Gasteiger partial charge in [-0.25, -0.2) is 8.78 Å². The van der Waals surface area contributed by atoms with Crippen LogP contribution in [0.2, 0.25) is 20.1 Å². The van der Waals surface area contributed by atoms with E-state index in [1.165, 1.54) is 30.3 Å². The van der Waals surface area contributed by atoms with Gasteiger partial charge in [-0.1, -0.05) is 46.4 Å². The smallest absolute Gasteiger partial charge is 0.257 e. The maximum Gasteiger partial charge on any atom is 0.257 e. The Hall–Kier alpha value is -2.00. The van der Waals surface area contributed by atoms with Crippen LogP contribution in [-0.2, 0) is 4.79 Å². The minimum absolute atomic E-state index is 0.0137. The van der Waals surface area contributed by atoms with Crippen LogP contribution in [0, 0.1) is 17.6 Å². The van der Waals surface area contributed by atoms with E-state index >= 15 is 0 Å². The topological polar surface area (TPSA) is 84.2 Å². The SMILES string of the molecule is Nc1c(F)ccc(NC(=O)c2cc(NC(=O)[C@H]3[C@H](c4cc(Cl)c(Cl)c(Cl)c4)C3(Cl)Cl)ccc2Cl)c1F. The van der Waals surface area contributed by atoms with Crippen LogP contribution in [0.15, 0.2) is 42.5 Å². The lowest BCUT2D eigenvalue weighted by molar-refractivity contribution is -0.117. The molecule has 4 rings (SSSR count). The molecule has 1 aliphatic rings. The fraction of sp³-hybridized carbons (Fsp3) is 0.130. The van der Waals surface area contributed by atoms with Gasteiger partial charge in [0.25, 0.3) is 5.91 Å². The molecule has 2 amide bonds. The standard InChI is InChI=1S/C23H13Cl6F2N3O2/c24-11-2-1-9(7-10(11)21(35)34-15-4-3-14(30)20(32)19(15)31)33-22(36)17-16(23(17,28)29)8-5-12(25)18(27)13(26)6-8/h1-7,16-17H,32H2,(H,33,36)(H,34,35)/t16-,17+/m0/s1. The summed E-state index contributed by atoms with van der Waals surface area (Å²) in [6, 6.07) is 9.06. The highest BCUT2D eigenvalue weighted by atomic mass is 35.5. The second-order valence-electron chi connectivity index (χ2n) is 7.89. The first-order valence-electron chi connectivity index (χ1n) is 10.0. The number of amides is 2. The van der Waals surface area contributed by atoms with E-state index in [2.05, 4.69) is 10.6 Å². The van der Waals surface area contributed by atoms with Gasteiger partial charge in [0.05, 0.1) is 37.3 Å². The first kappa shape index (κ1) is 27.0. The lowest BCUT2D eigenvalue weighted by Crippen LogP contribution is -2.18. The molecular formula is C23H13Cl6F2N3O2. The Balaban J connectivity index is 1.53. The van der Waals surface area contributed by atoms with E-state index in [-0.39, 0.29) is 37.0 Å². The van der Waals surface area contributed by atoms with Crippen molar-refractivity contribution in [1.29, 1.82) is 0 Å². The molecule has 3 aromatic rings. The zero-order chi connectivity index (χ0) is 26.5. The molecule has 0 aromatic heterocycles. The number of rotatable bonds is 5. The van der Waals surface area contributed by atoms with Crippen LogP contribution in [0.5, 0.6) is 0 Å². The van der Waals surface area contributed by atoms with Crippen molar-refractivity contribution in [3.63, 3.8) is 0 Å². The van der Waals surface area contributed by atoms with E-state index in [4.69, 9.17) is 75.3 Å². The van der Waals surface area contributed by atoms with Gasteiger partial charge in [0.2, 0.25) is 5.91 Å². The zero-order valence-corrected chi connectivity index (χ0v) is 22.1. The van der Waals surface area contributed by atoms with Gasteiger partial charge in [-0.3, -0.25) is 9.59 Å². The molecule has 13 heteroatoms. The van der Waals surface area contributed by atoms with Crippen LogP contribution in [-0.4, -0.2) is 16.1 Å². The molecule has 4 N–H and O–H groups in total. The third-order valence-corrected chi connectivity index (χ3v) is 8.02. The average molecular weight is 614 g/mol. The molecule has 0 heterocycles. The molecule has 3 aromatic carbocycles. The minimum Gasteiger partial charge on any atom is -0.394 e. The number of anilines is 3. The molecular weight excluding hydrogens is 601 g/mol. The molecule has 188 valence electrons. The molecule has 1 fully saturated rings. The van der Waals surface area contributed by atoms with E-state index < -0.39 is 45.3 Å². The van der Waals surface area contributed by atoms with E-state index in [1.807, 2.05) is 0 Å². The Morgan fingerprint density at radius 3 is 2.17 bits per heavy atom. The maximum atomic E-state index is 14.2. The van der Waals surface area contributed by atoms with Crippen molar-refractivity contribution in [3.8, 4) is 0 Å². The van der Waals surface area contributed by atoms with Gasteiger partial charge >= 0.3 is 0 Å². The van der Waals surface area contributed by atoms with Crippen molar-refractivity contribution < 1.29 is 18.4 Å². The van der Waals surface area contributed by atoms with Crippen molar-refractivity contribution in [2.24, 2.45) is 5.92 Å². The highest BCUT2D eigenvalue weighted by molar-refractivity contribution is 6.54.